The first-order chi connectivity index (χ1) is 10.3. The summed E-state index contributed by atoms with van der Waals surface area (Å²) in [6, 6.07) is 21.2. The van der Waals surface area contributed by atoms with Crippen LogP contribution in [0.25, 0.3) is 5.57 Å². The molecule has 116 valence electrons. The summed E-state index contributed by atoms with van der Waals surface area (Å²) in [5.41, 5.74) is 3.80. The molecule has 2 aromatic carbocycles. The maximum Gasteiger partial charge on any atom is 0.0367 e. The molecule has 0 aromatic heterocycles. The van der Waals surface area contributed by atoms with Crippen molar-refractivity contribution in [3.63, 3.8) is 0 Å². The van der Waals surface area contributed by atoms with E-state index in [-0.39, 0.29) is 12.4 Å². The molecule has 3 rings (SSSR count). The van der Waals surface area contributed by atoms with E-state index in [0.29, 0.717) is 0 Å². The Labute approximate surface area is 139 Å². The van der Waals surface area contributed by atoms with Gasteiger partial charge in [0.05, 0.1) is 0 Å². The highest BCUT2D eigenvalue weighted by Gasteiger charge is 2.17. The van der Waals surface area contributed by atoms with E-state index in [4.69, 9.17) is 0 Å². The monoisotopic (exact) mass is 314 g/mol. The Morgan fingerprint density at radius 3 is 1.95 bits per heavy atom. The maximum atomic E-state index is 4.24. The molecule has 0 aliphatic carbocycles. The van der Waals surface area contributed by atoms with E-state index in [9.17, 15) is 0 Å². The van der Waals surface area contributed by atoms with Gasteiger partial charge in [-0.1, -0.05) is 55.1 Å². The van der Waals surface area contributed by atoms with Crippen molar-refractivity contribution >= 4 is 23.7 Å². The van der Waals surface area contributed by atoms with Crippen molar-refractivity contribution in [2.24, 2.45) is 0 Å². The van der Waals surface area contributed by atoms with Crippen molar-refractivity contribution in [3.05, 3.63) is 72.8 Å². The quantitative estimate of drug-likeness (QED) is 0.843. The van der Waals surface area contributed by atoms with Crippen LogP contribution >= 0.6 is 12.4 Å². The number of nitrogens with zero attached hydrogens (tertiary/aromatic N) is 2. The molecule has 0 atom stereocenters. The van der Waals surface area contributed by atoms with Crippen molar-refractivity contribution < 1.29 is 0 Å². The molecule has 0 amide bonds. The molecule has 22 heavy (non-hydrogen) atoms. The molecule has 1 heterocycles. The molecule has 0 spiro atoms. The average molecular weight is 315 g/mol. The SMILES string of the molecule is C=C(CN1CCN(c2ccccc2)CC1)c1ccccc1.Cl. The summed E-state index contributed by atoms with van der Waals surface area (Å²) in [6.45, 7) is 9.58. The first-order valence-corrected chi connectivity index (χ1v) is 7.58. The fourth-order valence-corrected chi connectivity index (χ4v) is 2.84. The standard InChI is InChI=1S/C19H22N2.ClH/c1-17(18-8-4-2-5-9-18)16-20-12-14-21(15-13-20)19-10-6-3-7-11-19;/h2-11H,1,12-16H2;1H. The van der Waals surface area contributed by atoms with Crippen LogP contribution in [-0.2, 0) is 0 Å². The zero-order valence-corrected chi connectivity index (χ0v) is 13.6. The van der Waals surface area contributed by atoms with Crippen LogP contribution in [0.15, 0.2) is 67.2 Å². The summed E-state index contributed by atoms with van der Waals surface area (Å²) in [4.78, 5) is 4.95. The van der Waals surface area contributed by atoms with Gasteiger partial charge in [0.15, 0.2) is 0 Å². The van der Waals surface area contributed by atoms with Crippen molar-refractivity contribution in [1.82, 2.24) is 4.90 Å². The minimum atomic E-state index is 0. The van der Waals surface area contributed by atoms with Crippen molar-refractivity contribution in [3.8, 4) is 0 Å². The third kappa shape index (κ3) is 4.12. The van der Waals surface area contributed by atoms with Crippen LogP contribution in [0.4, 0.5) is 5.69 Å². The van der Waals surface area contributed by atoms with Gasteiger partial charge in [-0.25, -0.2) is 0 Å². The van der Waals surface area contributed by atoms with E-state index in [1.165, 1.54) is 16.8 Å². The number of piperazine rings is 1. The van der Waals surface area contributed by atoms with E-state index in [1.54, 1.807) is 0 Å². The van der Waals surface area contributed by atoms with Gasteiger partial charge in [0.25, 0.3) is 0 Å². The van der Waals surface area contributed by atoms with Gasteiger partial charge < -0.3 is 4.90 Å². The Kier molecular flexibility index (Phi) is 6.05. The smallest absolute Gasteiger partial charge is 0.0367 e. The highest BCUT2D eigenvalue weighted by atomic mass is 35.5. The van der Waals surface area contributed by atoms with E-state index in [2.05, 4.69) is 77.0 Å². The predicted molar refractivity (Wildman–Crippen MR) is 97.8 cm³/mol. The van der Waals surface area contributed by atoms with Crippen LogP contribution in [0.2, 0.25) is 0 Å². The van der Waals surface area contributed by atoms with E-state index in [0.717, 1.165) is 32.7 Å². The summed E-state index contributed by atoms with van der Waals surface area (Å²) < 4.78 is 0. The molecule has 0 unspecified atom stereocenters. The molecular weight excluding hydrogens is 292 g/mol. The number of hydrogen-bond donors (Lipinski definition) is 0. The number of para-hydroxylation sites is 1. The molecule has 1 fully saturated rings. The van der Waals surface area contributed by atoms with Gasteiger partial charge >= 0.3 is 0 Å². The third-order valence-electron chi connectivity index (χ3n) is 4.09. The lowest BCUT2D eigenvalue weighted by atomic mass is 10.1. The van der Waals surface area contributed by atoms with Gasteiger partial charge in [-0.15, -0.1) is 12.4 Å². The van der Waals surface area contributed by atoms with E-state index < -0.39 is 0 Å². The zero-order valence-electron chi connectivity index (χ0n) is 12.8. The van der Waals surface area contributed by atoms with Gasteiger partial charge in [-0.05, 0) is 23.3 Å². The average Bonchev–Trinajstić information content (AvgIpc) is 2.57. The van der Waals surface area contributed by atoms with E-state index in [1.807, 2.05) is 0 Å². The second-order valence-corrected chi connectivity index (χ2v) is 5.57. The van der Waals surface area contributed by atoms with Crippen LogP contribution in [0.5, 0.6) is 0 Å². The minimum Gasteiger partial charge on any atom is -0.369 e. The Bertz CT molecular complexity index is 575. The summed E-state index contributed by atoms with van der Waals surface area (Å²) >= 11 is 0. The normalized spacial score (nSPS) is 15.2. The van der Waals surface area contributed by atoms with Gasteiger partial charge in [0, 0.05) is 38.4 Å². The number of halogens is 1. The molecule has 2 nitrogen and oxygen atoms in total. The Morgan fingerprint density at radius 1 is 0.818 bits per heavy atom. The fraction of sp³-hybridized carbons (Fsp3) is 0.263. The van der Waals surface area contributed by atoms with Gasteiger partial charge in [-0.3, -0.25) is 4.90 Å². The lowest BCUT2D eigenvalue weighted by Crippen LogP contribution is -2.46. The van der Waals surface area contributed by atoms with Crippen molar-refractivity contribution in [2.75, 3.05) is 37.6 Å². The number of anilines is 1. The Hall–Kier alpha value is -1.77. The Balaban J connectivity index is 0.00000176. The molecule has 1 aliphatic rings. The second kappa shape index (κ2) is 8.02. The molecule has 0 N–H and O–H groups in total. The topological polar surface area (TPSA) is 6.48 Å². The maximum absolute atomic E-state index is 4.24. The number of rotatable bonds is 4. The van der Waals surface area contributed by atoms with Crippen molar-refractivity contribution in [2.45, 2.75) is 0 Å². The summed E-state index contributed by atoms with van der Waals surface area (Å²) in [7, 11) is 0. The van der Waals surface area contributed by atoms with Crippen molar-refractivity contribution in [1.29, 1.82) is 0 Å². The highest BCUT2D eigenvalue weighted by molar-refractivity contribution is 5.85. The molecule has 0 saturated carbocycles. The predicted octanol–water partition coefficient (Wildman–Crippen LogP) is 3.94. The van der Waals surface area contributed by atoms with Crippen LogP contribution in [0.3, 0.4) is 0 Å². The van der Waals surface area contributed by atoms with E-state index >= 15 is 0 Å². The van der Waals surface area contributed by atoms with Gasteiger partial charge in [0.2, 0.25) is 0 Å². The molecule has 0 radical (unpaired) electrons. The third-order valence-corrected chi connectivity index (χ3v) is 4.09. The van der Waals surface area contributed by atoms with Gasteiger partial charge in [-0.2, -0.15) is 0 Å². The van der Waals surface area contributed by atoms with Crippen LogP contribution < -0.4 is 4.90 Å². The Morgan fingerprint density at radius 2 is 1.36 bits per heavy atom. The largest absolute Gasteiger partial charge is 0.369 e. The van der Waals surface area contributed by atoms with Crippen LogP contribution in [0, 0.1) is 0 Å². The second-order valence-electron chi connectivity index (χ2n) is 5.57. The fourth-order valence-electron chi connectivity index (χ4n) is 2.84. The molecule has 0 bridgehead atoms. The minimum absolute atomic E-state index is 0. The molecule has 3 heteroatoms. The summed E-state index contributed by atoms with van der Waals surface area (Å²) in [5.74, 6) is 0. The number of hydrogen-bond acceptors (Lipinski definition) is 2. The summed E-state index contributed by atoms with van der Waals surface area (Å²) in [6.07, 6.45) is 0. The first kappa shape index (κ1) is 16.6. The first-order valence-electron chi connectivity index (χ1n) is 7.58. The summed E-state index contributed by atoms with van der Waals surface area (Å²) in [5, 5.41) is 0. The lowest BCUT2D eigenvalue weighted by Gasteiger charge is -2.36. The zero-order chi connectivity index (χ0) is 14.5. The molecule has 2 aromatic rings. The molecular formula is C19H23ClN2. The van der Waals surface area contributed by atoms with Crippen LogP contribution in [0.1, 0.15) is 5.56 Å². The number of benzene rings is 2. The highest BCUT2D eigenvalue weighted by Crippen LogP contribution is 2.18. The molecule has 1 saturated heterocycles. The van der Waals surface area contributed by atoms with Gasteiger partial charge in [0.1, 0.15) is 0 Å². The lowest BCUT2D eigenvalue weighted by molar-refractivity contribution is 0.288. The van der Waals surface area contributed by atoms with Crippen LogP contribution in [-0.4, -0.2) is 37.6 Å². The molecule has 1 aliphatic heterocycles.